The van der Waals surface area contributed by atoms with E-state index in [-0.39, 0.29) is 17.3 Å². The van der Waals surface area contributed by atoms with Gasteiger partial charge in [0.25, 0.3) is 11.8 Å². The largest absolute Gasteiger partial charge is 0.462 e. The molecule has 1 unspecified atom stereocenters. The molecule has 3 heterocycles. The van der Waals surface area contributed by atoms with Crippen LogP contribution in [0.1, 0.15) is 38.3 Å². The summed E-state index contributed by atoms with van der Waals surface area (Å²) in [6.45, 7) is 1.93. The Kier molecular flexibility index (Phi) is 5.20. The van der Waals surface area contributed by atoms with E-state index in [1.165, 1.54) is 25.4 Å². The fourth-order valence-corrected chi connectivity index (χ4v) is 3.31. The maximum absolute atomic E-state index is 12.5. The molecule has 1 aliphatic heterocycles. The molecule has 4 rings (SSSR count). The van der Waals surface area contributed by atoms with Crippen molar-refractivity contribution < 1.29 is 14.3 Å². The molecule has 0 fully saturated rings. The van der Waals surface area contributed by atoms with Gasteiger partial charge in [0.15, 0.2) is 23.5 Å². The molecule has 0 saturated carbocycles. The highest BCUT2D eigenvalue weighted by atomic mass is 35.5. The molecule has 9 nitrogen and oxygen atoms in total. The summed E-state index contributed by atoms with van der Waals surface area (Å²) in [7, 11) is 1.51. The molecule has 10 heteroatoms. The Morgan fingerprint density at radius 3 is 2.67 bits per heavy atom. The summed E-state index contributed by atoms with van der Waals surface area (Å²) in [5.41, 5.74) is 2.49. The molecule has 0 saturated heterocycles. The predicted octanol–water partition coefficient (Wildman–Crippen LogP) is 2.95. The van der Waals surface area contributed by atoms with Gasteiger partial charge in [-0.15, -0.1) is 10.2 Å². The standard InChI is InChI=1S/C20H17ClN6O3/c1-10-4-3-5-12(21)16(10)20-25-17-15(30-20)8-14(26-27-17)19(29)24-11-6-7-13(23-9-11)18(28)22-2/h3-9,20H,1-2H3,(H,22,28)(H,24,29)(H,25,27). The first-order valence-electron chi connectivity index (χ1n) is 9.01. The molecule has 0 bridgehead atoms. The van der Waals surface area contributed by atoms with Crippen molar-refractivity contribution in [1.29, 1.82) is 0 Å². The third-order valence-corrected chi connectivity index (χ3v) is 4.85. The third-order valence-electron chi connectivity index (χ3n) is 4.52. The van der Waals surface area contributed by atoms with E-state index in [9.17, 15) is 9.59 Å². The van der Waals surface area contributed by atoms with Gasteiger partial charge in [-0.3, -0.25) is 9.59 Å². The normalized spacial score (nSPS) is 14.3. The van der Waals surface area contributed by atoms with E-state index >= 15 is 0 Å². The minimum absolute atomic E-state index is 0.0717. The number of carbonyl (C=O) groups is 2. The van der Waals surface area contributed by atoms with Gasteiger partial charge in [-0.05, 0) is 30.7 Å². The lowest BCUT2D eigenvalue weighted by molar-refractivity contribution is 0.0957. The van der Waals surface area contributed by atoms with Crippen molar-refractivity contribution in [3.8, 4) is 5.75 Å². The fourth-order valence-electron chi connectivity index (χ4n) is 2.99. The molecule has 1 aromatic carbocycles. The highest BCUT2D eigenvalue weighted by molar-refractivity contribution is 6.31. The van der Waals surface area contributed by atoms with Crippen LogP contribution in [0, 0.1) is 6.92 Å². The first kappa shape index (κ1) is 19.6. The second-order valence-electron chi connectivity index (χ2n) is 6.52. The van der Waals surface area contributed by atoms with Crippen LogP contribution in [-0.4, -0.2) is 34.0 Å². The highest BCUT2D eigenvalue weighted by Crippen LogP contribution is 2.39. The van der Waals surface area contributed by atoms with Gasteiger partial charge in [-0.25, -0.2) is 4.98 Å². The topological polar surface area (TPSA) is 118 Å². The van der Waals surface area contributed by atoms with Gasteiger partial charge in [0, 0.05) is 23.7 Å². The lowest BCUT2D eigenvalue weighted by Gasteiger charge is -2.15. The van der Waals surface area contributed by atoms with Crippen molar-refractivity contribution in [2.24, 2.45) is 0 Å². The van der Waals surface area contributed by atoms with Crippen LogP contribution in [0.2, 0.25) is 5.02 Å². The van der Waals surface area contributed by atoms with Crippen molar-refractivity contribution in [2.75, 3.05) is 17.7 Å². The molecule has 2 aromatic heterocycles. The predicted molar refractivity (Wildman–Crippen MR) is 111 cm³/mol. The van der Waals surface area contributed by atoms with Crippen LogP contribution in [-0.2, 0) is 0 Å². The number of hydrogen-bond donors (Lipinski definition) is 3. The number of halogens is 1. The number of ether oxygens (including phenoxy) is 1. The number of hydrogen-bond acceptors (Lipinski definition) is 7. The van der Waals surface area contributed by atoms with Crippen molar-refractivity contribution in [3.63, 3.8) is 0 Å². The van der Waals surface area contributed by atoms with Crippen LogP contribution in [0.25, 0.3) is 0 Å². The Labute approximate surface area is 176 Å². The number of nitrogens with zero attached hydrogens (tertiary/aromatic N) is 3. The van der Waals surface area contributed by atoms with Crippen LogP contribution in [0.4, 0.5) is 11.5 Å². The van der Waals surface area contributed by atoms with E-state index in [1.54, 1.807) is 12.1 Å². The minimum Gasteiger partial charge on any atom is -0.462 e. The van der Waals surface area contributed by atoms with E-state index in [2.05, 4.69) is 31.1 Å². The minimum atomic E-state index is -0.525. The zero-order chi connectivity index (χ0) is 21.3. The number of aryl methyl sites for hydroxylation is 1. The molecule has 30 heavy (non-hydrogen) atoms. The summed E-state index contributed by atoms with van der Waals surface area (Å²) in [5.74, 6) is 0.0196. The number of pyridine rings is 1. The van der Waals surface area contributed by atoms with E-state index in [0.29, 0.717) is 22.3 Å². The first-order valence-corrected chi connectivity index (χ1v) is 9.39. The Bertz CT molecular complexity index is 1120. The van der Waals surface area contributed by atoms with Crippen LogP contribution < -0.4 is 20.7 Å². The summed E-state index contributed by atoms with van der Waals surface area (Å²) in [6, 6.07) is 10.2. The number of fused-ring (bicyclic) bond motifs is 1. The molecule has 3 N–H and O–H groups in total. The first-order chi connectivity index (χ1) is 14.5. The van der Waals surface area contributed by atoms with Gasteiger partial charge in [-0.2, -0.15) is 0 Å². The molecule has 1 aliphatic rings. The van der Waals surface area contributed by atoms with Crippen LogP contribution in [0.3, 0.4) is 0 Å². The van der Waals surface area contributed by atoms with Crippen molar-refractivity contribution in [1.82, 2.24) is 20.5 Å². The Balaban J connectivity index is 1.49. The average molecular weight is 425 g/mol. The summed E-state index contributed by atoms with van der Waals surface area (Å²) in [4.78, 5) is 28.1. The molecule has 152 valence electrons. The quantitative estimate of drug-likeness (QED) is 0.589. The second-order valence-corrected chi connectivity index (χ2v) is 6.93. The molecule has 0 spiro atoms. The smallest absolute Gasteiger partial charge is 0.276 e. The second kappa shape index (κ2) is 7.96. The maximum Gasteiger partial charge on any atom is 0.276 e. The van der Waals surface area contributed by atoms with Gasteiger partial charge in [0.2, 0.25) is 0 Å². The van der Waals surface area contributed by atoms with Gasteiger partial charge in [0.1, 0.15) is 5.69 Å². The summed E-state index contributed by atoms with van der Waals surface area (Å²) < 4.78 is 5.92. The van der Waals surface area contributed by atoms with Gasteiger partial charge >= 0.3 is 0 Å². The maximum atomic E-state index is 12.5. The van der Waals surface area contributed by atoms with Crippen LogP contribution in [0.5, 0.6) is 5.75 Å². The van der Waals surface area contributed by atoms with E-state index < -0.39 is 12.1 Å². The Hall–Kier alpha value is -3.72. The monoisotopic (exact) mass is 424 g/mol. The van der Waals surface area contributed by atoms with Gasteiger partial charge < -0.3 is 20.7 Å². The van der Waals surface area contributed by atoms with E-state index in [0.717, 1.165) is 11.1 Å². The number of nitrogens with one attached hydrogen (secondary N) is 3. The van der Waals surface area contributed by atoms with Gasteiger partial charge in [0.05, 0.1) is 11.9 Å². The summed E-state index contributed by atoms with van der Waals surface area (Å²) >= 11 is 6.31. The zero-order valence-electron chi connectivity index (χ0n) is 16.1. The molecule has 0 aliphatic carbocycles. The summed E-state index contributed by atoms with van der Waals surface area (Å²) in [5, 5.41) is 16.8. The molecular formula is C20H17ClN6O3. The highest BCUT2D eigenvalue weighted by Gasteiger charge is 2.29. The van der Waals surface area contributed by atoms with E-state index in [4.69, 9.17) is 16.3 Å². The fraction of sp³-hybridized carbons (Fsp3) is 0.150. The van der Waals surface area contributed by atoms with E-state index in [1.807, 2.05) is 19.1 Å². The van der Waals surface area contributed by atoms with Crippen molar-refractivity contribution in [3.05, 3.63) is 70.1 Å². The number of rotatable bonds is 4. The van der Waals surface area contributed by atoms with Crippen molar-refractivity contribution >= 4 is 34.9 Å². The number of aromatic nitrogens is 3. The third kappa shape index (κ3) is 3.74. The average Bonchev–Trinajstić information content (AvgIpc) is 3.16. The van der Waals surface area contributed by atoms with Crippen LogP contribution in [0.15, 0.2) is 42.6 Å². The molecule has 0 radical (unpaired) electrons. The zero-order valence-corrected chi connectivity index (χ0v) is 16.8. The Morgan fingerprint density at radius 2 is 1.97 bits per heavy atom. The number of carbonyl (C=O) groups excluding carboxylic acids is 2. The molecular weight excluding hydrogens is 408 g/mol. The molecule has 1 atom stereocenters. The molecule has 2 amide bonds. The lowest BCUT2D eigenvalue weighted by atomic mass is 10.1. The van der Waals surface area contributed by atoms with Crippen LogP contribution >= 0.6 is 11.6 Å². The number of benzene rings is 1. The molecule has 3 aromatic rings. The van der Waals surface area contributed by atoms with Crippen molar-refractivity contribution in [2.45, 2.75) is 13.2 Å². The summed E-state index contributed by atoms with van der Waals surface area (Å²) in [6.07, 6.45) is 0.861. The number of anilines is 2. The number of amides is 2. The van der Waals surface area contributed by atoms with Gasteiger partial charge in [-0.1, -0.05) is 23.7 Å². The SMILES string of the molecule is CNC(=O)c1ccc(NC(=O)c2cc3c(nn2)NC(c2c(C)cccc2Cl)O3)cn1. The lowest BCUT2D eigenvalue weighted by Crippen LogP contribution is -2.19. The Morgan fingerprint density at radius 1 is 1.13 bits per heavy atom.